The van der Waals surface area contributed by atoms with Crippen molar-refractivity contribution in [2.24, 2.45) is 5.92 Å². The number of hydrogen-bond acceptors (Lipinski definition) is 4. The Balaban J connectivity index is 1.49. The van der Waals surface area contributed by atoms with Crippen molar-refractivity contribution in [3.05, 3.63) is 29.8 Å². The molecule has 24 heavy (non-hydrogen) atoms. The number of likely N-dealkylation sites (tertiary alicyclic amines) is 1. The van der Waals surface area contributed by atoms with E-state index in [4.69, 9.17) is 9.47 Å². The van der Waals surface area contributed by atoms with Crippen LogP contribution in [0.25, 0.3) is 0 Å². The quantitative estimate of drug-likeness (QED) is 0.854. The van der Waals surface area contributed by atoms with E-state index in [0.717, 1.165) is 30.8 Å². The summed E-state index contributed by atoms with van der Waals surface area (Å²) in [5.41, 5.74) is 1.03. The Bertz CT molecular complexity index is 581. The van der Waals surface area contributed by atoms with E-state index >= 15 is 0 Å². The number of methoxy groups -OCH3 is 1. The Morgan fingerprint density at radius 1 is 1.38 bits per heavy atom. The third-order valence-corrected chi connectivity index (χ3v) is 4.65. The van der Waals surface area contributed by atoms with Crippen molar-refractivity contribution in [2.45, 2.75) is 31.9 Å². The highest BCUT2D eigenvalue weighted by Gasteiger charge is 2.34. The Labute approximate surface area is 142 Å². The fourth-order valence-electron chi connectivity index (χ4n) is 3.22. The number of carbonyl (C=O) groups excluding carboxylic acids is 2. The molecule has 2 fully saturated rings. The molecule has 6 heteroatoms. The maximum Gasteiger partial charge on any atom is 0.225 e. The highest BCUT2D eigenvalue weighted by Crippen LogP contribution is 2.21. The lowest BCUT2D eigenvalue weighted by molar-refractivity contribution is -0.129. The summed E-state index contributed by atoms with van der Waals surface area (Å²) in [6.45, 7) is 2.32. The highest BCUT2D eigenvalue weighted by atomic mass is 16.5. The molecular weight excluding hydrogens is 308 g/mol. The number of nitrogens with one attached hydrogen (secondary N) is 1. The minimum absolute atomic E-state index is 0.0306. The first-order chi connectivity index (χ1) is 11.7. The SMILES string of the molecule is COc1ccc(CN2C[C@@H](C(=O)NC[C@H]3CCCO3)CC2=O)cc1. The average molecular weight is 332 g/mol. The maximum atomic E-state index is 12.3. The van der Waals surface area contributed by atoms with Crippen molar-refractivity contribution in [2.75, 3.05) is 26.8 Å². The number of benzene rings is 1. The molecular formula is C18H24N2O4. The van der Waals surface area contributed by atoms with E-state index in [0.29, 0.717) is 19.6 Å². The Morgan fingerprint density at radius 3 is 2.83 bits per heavy atom. The first-order valence-corrected chi connectivity index (χ1v) is 8.45. The van der Waals surface area contributed by atoms with Gasteiger partial charge >= 0.3 is 0 Å². The summed E-state index contributed by atoms with van der Waals surface area (Å²) < 4.78 is 10.6. The molecule has 0 spiro atoms. The fourth-order valence-corrected chi connectivity index (χ4v) is 3.22. The lowest BCUT2D eigenvalue weighted by atomic mass is 10.1. The predicted molar refractivity (Wildman–Crippen MR) is 88.5 cm³/mol. The smallest absolute Gasteiger partial charge is 0.225 e. The van der Waals surface area contributed by atoms with Gasteiger partial charge in [0.15, 0.2) is 0 Å². The number of rotatable bonds is 6. The molecule has 0 saturated carbocycles. The van der Waals surface area contributed by atoms with Gasteiger partial charge in [-0.15, -0.1) is 0 Å². The van der Waals surface area contributed by atoms with Gasteiger partial charge in [0.1, 0.15) is 5.75 Å². The second-order valence-electron chi connectivity index (χ2n) is 6.40. The van der Waals surface area contributed by atoms with E-state index in [-0.39, 0.29) is 30.3 Å². The molecule has 0 aromatic heterocycles. The Kier molecular flexibility index (Phi) is 5.35. The minimum atomic E-state index is -0.267. The Morgan fingerprint density at radius 2 is 2.17 bits per heavy atom. The third kappa shape index (κ3) is 4.06. The number of carbonyl (C=O) groups is 2. The van der Waals surface area contributed by atoms with Crippen LogP contribution in [0.3, 0.4) is 0 Å². The molecule has 2 aliphatic heterocycles. The second kappa shape index (κ2) is 7.66. The van der Waals surface area contributed by atoms with Crippen LogP contribution >= 0.6 is 0 Å². The van der Waals surface area contributed by atoms with Crippen molar-refractivity contribution in [3.63, 3.8) is 0 Å². The van der Waals surface area contributed by atoms with Gasteiger partial charge < -0.3 is 19.7 Å². The molecule has 2 amide bonds. The third-order valence-electron chi connectivity index (χ3n) is 4.65. The van der Waals surface area contributed by atoms with Crippen LogP contribution in [0.2, 0.25) is 0 Å². The van der Waals surface area contributed by atoms with Gasteiger partial charge in [-0.3, -0.25) is 9.59 Å². The minimum Gasteiger partial charge on any atom is -0.497 e. The molecule has 2 heterocycles. The molecule has 0 unspecified atom stereocenters. The van der Waals surface area contributed by atoms with Gasteiger partial charge in [-0.2, -0.15) is 0 Å². The molecule has 2 saturated heterocycles. The molecule has 130 valence electrons. The standard InChI is InChI=1S/C18H24N2O4/c1-23-15-6-4-13(5-7-15)11-20-12-14(9-17(20)21)18(22)19-10-16-3-2-8-24-16/h4-7,14,16H,2-3,8-12H2,1H3,(H,19,22)/t14-,16+/m0/s1. The van der Waals surface area contributed by atoms with Crippen LogP contribution in [-0.2, 0) is 20.9 Å². The van der Waals surface area contributed by atoms with Crippen molar-refractivity contribution in [1.29, 1.82) is 0 Å². The topological polar surface area (TPSA) is 67.9 Å². The van der Waals surface area contributed by atoms with Crippen LogP contribution in [0.5, 0.6) is 5.75 Å². The molecule has 1 aromatic carbocycles. The fraction of sp³-hybridized carbons (Fsp3) is 0.556. The molecule has 2 atom stereocenters. The van der Waals surface area contributed by atoms with Gasteiger partial charge in [-0.05, 0) is 30.5 Å². The van der Waals surface area contributed by atoms with E-state index in [1.54, 1.807) is 12.0 Å². The van der Waals surface area contributed by atoms with E-state index in [2.05, 4.69) is 5.32 Å². The van der Waals surface area contributed by atoms with Gasteiger partial charge in [0.05, 0.1) is 19.1 Å². The molecule has 1 aromatic rings. The molecule has 2 aliphatic rings. The van der Waals surface area contributed by atoms with E-state index in [1.165, 1.54) is 0 Å². The summed E-state index contributed by atoms with van der Waals surface area (Å²) in [5.74, 6) is 0.509. The summed E-state index contributed by atoms with van der Waals surface area (Å²) in [6, 6.07) is 7.64. The molecule has 0 aliphatic carbocycles. The van der Waals surface area contributed by atoms with E-state index in [1.807, 2.05) is 24.3 Å². The zero-order chi connectivity index (χ0) is 16.9. The first-order valence-electron chi connectivity index (χ1n) is 8.45. The number of amides is 2. The van der Waals surface area contributed by atoms with Crippen molar-refractivity contribution in [3.8, 4) is 5.75 Å². The van der Waals surface area contributed by atoms with Crippen LogP contribution < -0.4 is 10.1 Å². The largest absolute Gasteiger partial charge is 0.497 e. The van der Waals surface area contributed by atoms with Crippen molar-refractivity contribution >= 4 is 11.8 Å². The Hall–Kier alpha value is -2.08. The zero-order valence-electron chi connectivity index (χ0n) is 14.0. The molecule has 3 rings (SSSR count). The van der Waals surface area contributed by atoms with Gasteiger partial charge in [0.25, 0.3) is 0 Å². The lowest BCUT2D eigenvalue weighted by Gasteiger charge is -2.17. The summed E-state index contributed by atoms with van der Waals surface area (Å²) in [7, 11) is 1.62. The second-order valence-corrected chi connectivity index (χ2v) is 6.40. The maximum absolute atomic E-state index is 12.3. The van der Waals surface area contributed by atoms with Gasteiger partial charge in [-0.1, -0.05) is 12.1 Å². The first kappa shape index (κ1) is 16.8. The van der Waals surface area contributed by atoms with Gasteiger partial charge in [-0.25, -0.2) is 0 Å². The summed E-state index contributed by atoms with van der Waals surface area (Å²) in [6.07, 6.45) is 2.46. The molecule has 6 nitrogen and oxygen atoms in total. The highest BCUT2D eigenvalue weighted by molar-refractivity contribution is 5.89. The van der Waals surface area contributed by atoms with Crippen LogP contribution in [0.1, 0.15) is 24.8 Å². The molecule has 0 bridgehead atoms. The van der Waals surface area contributed by atoms with Crippen LogP contribution in [0, 0.1) is 5.92 Å². The van der Waals surface area contributed by atoms with Crippen LogP contribution in [0.4, 0.5) is 0 Å². The molecule has 0 radical (unpaired) electrons. The summed E-state index contributed by atoms with van der Waals surface area (Å²) in [4.78, 5) is 26.2. The number of ether oxygens (including phenoxy) is 2. The van der Waals surface area contributed by atoms with Crippen molar-refractivity contribution in [1.82, 2.24) is 10.2 Å². The van der Waals surface area contributed by atoms with Gasteiger partial charge in [0, 0.05) is 32.7 Å². The number of hydrogen-bond donors (Lipinski definition) is 1. The van der Waals surface area contributed by atoms with Crippen LogP contribution in [0.15, 0.2) is 24.3 Å². The van der Waals surface area contributed by atoms with E-state index < -0.39 is 0 Å². The van der Waals surface area contributed by atoms with E-state index in [9.17, 15) is 9.59 Å². The summed E-state index contributed by atoms with van der Waals surface area (Å²) >= 11 is 0. The van der Waals surface area contributed by atoms with Crippen molar-refractivity contribution < 1.29 is 19.1 Å². The van der Waals surface area contributed by atoms with Crippen LogP contribution in [-0.4, -0.2) is 49.6 Å². The molecule has 1 N–H and O–H groups in total. The zero-order valence-corrected chi connectivity index (χ0v) is 14.0. The lowest BCUT2D eigenvalue weighted by Crippen LogP contribution is -2.37. The monoisotopic (exact) mass is 332 g/mol. The predicted octanol–water partition coefficient (Wildman–Crippen LogP) is 1.34. The normalized spacial score (nSPS) is 23.5. The summed E-state index contributed by atoms with van der Waals surface area (Å²) in [5, 5.41) is 2.93. The number of nitrogens with zero attached hydrogens (tertiary/aromatic N) is 1. The van der Waals surface area contributed by atoms with Gasteiger partial charge in [0.2, 0.25) is 11.8 Å². The average Bonchev–Trinajstić information content (AvgIpc) is 3.24.